The van der Waals surface area contributed by atoms with Gasteiger partial charge in [-0.3, -0.25) is 4.79 Å². The Labute approximate surface area is 116 Å². The molecule has 2 atom stereocenters. The molecular formula is C10H12Br2N4O. The van der Waals surface area contributed by atoms with Gasteiger partial charge in [-0.05, 0) is 51.7 Å². The first kappa shape index (κ1) is 12.9. The normalized spacial score (nSPS) is 23.7. The molecule has 0 saturated carbocycles. The van der Waals surface area contributed by atoms with Gasteiger partial charge >= 0.3 is 0 Å². The first-order valence-corrected chi connectivity index (χ1v) is 6.89. The van der Waals surface area contributed by atoms with Crippen molar-refractivity contribution in [2.75, 3.05) is 11.9 Å². The molecule has 0 radical (unpaired) electrons. The summed E-state index contributed by atoms with van der Waals surface area (Å²) in [5.74, 6) is 0.435. The Kier molecular flexibility index (Phi) is 4.11. The highest BCUT2D eigenvalue weighted by atomic mass is 79.9. The van der Waals surface area contributed by atoms with Gasteiger partial charge in [0.25, 0.3) is 0 Å². The van der Waals surface area contributed by atoms with Crippen molar-refractivity contribution in [3.8, 4) is 0 Å². The lowest BCUT2D eigenvalue weighted by atomic mass is 10.0. The maximum Gasteiger partial charge on any atom is 0.230 e. The minimum atomic E-state index is -0.0141. The van der Waals surface area contributed by atoms with Crippen molar-refractivity contribution in [1.82, 2.24) is 15.3 Å². The Morgan fingerprint density at radius 1 is 1.59 bits per heavy atom. The lowest BCUT2D eigenvalue weighted by Gasteiger charge is -2.14. The lowest BCUT2D eigenvalue weighted by molar-refractivity contribution is -0.120. The van der Waals surface area contributed by atoms with Crippen LogP contribution in [0.4, 0.5) is 5.82 Å². The van der Waals surface area contributed by atoms with Crippen LogP contribution in [0.25, 0.3) is 0 Å². The van der Waals surface area contributed by atoms with E-state index < -0.39 is 0 Å². The number of halogens is 2. The summed E-state index contributed by atoms with van der Waals surface area (Å²) >= 11 is 6.48. The summed E-state index contributed by atoms with van der Waals surface area (Å²) in [5, 5.41) is 6.03. The molecule has 1 saturated heterocycles. The van der Waals surface area contributed by atoms with Gasteiger partial charge in [0.1, 0.15) is 9.21 Å². The monoisotopic (exact) mass is 362 g/mol. The quantitative estimate of drug-likeness (QED) is 0.842. The molecule has 2 N–H and O–H groups in total. The molecule has 1 aromatic rings. The van der Waals surface area contributed by atoms with Gasteiger partial charge in [0, 0.05) is 6.04 Å². The predicted molar refractivity (Wildman–Crippen MR) is 71.6 cm³/mol. The third-order valence-electron chi connectivity index (χ3n) is 2.80. The zero-order valence-corrected chi connectivity index (χ0v) is 12.4. The molecule has 2 heterocycles. The number of amides is 1. The number of nitrogens with zero attached hydrogens (tertiary/aromatic N) is 2. The van der Waals surface area contributed by atoms with E-state index >= 15 is 0 Å². The molecule has 1 aliphatic heterocycles. The molecule has 92 valence electrons. The minimum absolute atomic E-state index is 0.00709. The highest BCUT2D eigenvalue weighted by molar-refractivity contribution is 9.11. The van der Waals surface area contributed by atoms with Gasteiger partial charge in [-0.2, -0.15) is 0 Å². The smallest absolute Gasteiger partial charge is 0.230 e. The van der Waals surface area contributed by atoms with E-state index in [1.807, 2.05) is 6.92 Å². The van der Waals surface area contributed by atoms with Crippen molar-refractivity contribution >= 4 is 43.6 Å². The van der Waals surface area contributed by atoms with Gasteiger partial charge in [-0.25, -0.2) is 9.97 Å². The minimum Gasteiger partial charge on any atom is -0.313 e. The molecule has 0 aliphatic carbocycles. The second kappa shape index (κ2) is 5.41. The van der Waals surface area contributed by atoms with E-state index in [2.05, 4.69) is 52.5 Å². The highest BCUT2D eigenvalue weighted by Crippen LogP contribution is 2.22. The number of aromatic nitrogens is 2. The molecule has 17 heavy (non-hydrogen) atoms. The van der Waals surface area contributed by atoms with Crippen molar-refractivity contribution in [2.45, 2.75) is 19.4 Å². The highest BCUT2D eigenvalue weighted by Gasteiger charge is 2.29. The Bertz CT molecular complexity index is 440. The predicted octanol–water partition coefficient (Wildman–Crippen LogP) is 1.94. The van der Waals surface area contributed by atoms with Crippen LogP contribution in [0.5, 0.6) is 0 Å². The van der Waals surface area contributed by atoms with Crippen molar-refractivity contribution < 1.29 is 4.79 Å². The molecule has 2 rings (SSSR count). The van der Waals surface area contributed by atoms with Crippen LogP contribution in [0.1, 0.15) is 13.3 Å². The fraction of sp³-hybridized carbons (Fsp3) is 0.500. The van der Waals surface area contributed by atoms with E-state index in [4.69, 9.17) is 0 Å². The second-order valence-electron chi connectivity index (χ2n) is 3.96. The molecule has 0 bridgehead atoms. The largest absolute Gasteiger partial charge is 0.313 e. The molecule has 2 unspecified atom stereocenters. The topological polar surface area (TPSA) is 66.9 Å². The number of anilines is 1. The van der Waals surface area contributed by atoms with Gasteiger partial charge in [0.2, 0.25) is 5.91 Å². The molecule has 7 heteroatoms. The molecule has 5 nitrogen and oxygen atoms in total. The average Bonchev–Trinajstić information content (AvgIpc) is 2.68. The summed E-state index contributed by atoms with van der Waals surface area (Å²) in [4.78, 5) is 20.2. The van der Waals surface area contributed by atoms with Crippen molar-refractivity contribution in [3.63, 3.8) is 0 Å². The Balaban J connectivity index is 2.07. The summed E-state index contributed by atoms with van der Waals surface area (Å²) in [6.07, 6.45) is 2.41. The zero-order chi connectivity index (χ0) is 12.4. The maximum absolute atomic E-state index is 12.0. The molecule has 0 aromatic carbocycles. The third-order valence-corrected chi connectivity index (χ3v) is 3.74. The standard InChI is InChI=1S/C10H12Br2N4O/c1-5-6(2-3-13-5)10(17)16-9-8(12)15-7(11)4-14-9/h4-6,13H,2-3H2,1H3,(H,14,16,17). The van der Waals surface area contributed by atoms with Crippen LogP contribution < -0.4 is 10.6 Å². The maximum atomic E-state index is 12.0. The number of carbonyl (C=O) groups excluding carboxylic acids is 1. The van der Waals surface area contributed by atoms with E-state index in [1.165, 1.54) is 0 Å². The summed E-state index contributed by atoms with van der Waals surface area (Å²) < 4.78 is 1.15. The number of hydrogen-bond donors (Lipinski definition) is 2. The average molecular weight is 364 g/mol. The molecule has 1 aromatic heterocycles. The van der Waals surface area contributed by atoms with Crippen LogP contribution in [0, 0.1) is 5.92 Å². The van der Waals surface area contributed by atoms with Crippen LogP contribution in [0.3, 0.4) is 0 Å². The Morgan fingerprint density at radius 2 is 2.35 bits per heavy atom. The Morgan fingerprint density at radius 3 is 2.94 bits per heavy atom. The summed E-state index contributed by atoms with van der Waals surface area (Å²) in [6.45, 7) is 2.89. The lowest BCUT2D eigenvalue weighted by Crippen LogP contribution is -2.32. The van der Waals surface area contributed by atoms with Crippen LogP contribution in [-0.4, -0.2) is 28.5 Å². The SMILES string of the molecule is CC1NCCC1C(=O)Nc1ncc(Br)nc1Br. The Hall–Kier alpha value is -0.530. The van der Waals surface area contributed by atoms with E-state index in [0.29, 0.717) is 15.0 Å². The van der Waals surface area contributed by atoms with E-state index in [-0.39, 0.29) is 17.9 Å². The number of carbonyl (C=O) groups is 1. The van der Waals surface area contributed by atoms with Gasteiger partial charge < -0.3 is 10.6 Å². The first-order chi connectivity index (χ1) is 8.08. The molecule has 0 spiro atoms. The molecule has 1 amide bonds. The van der Waals surface area contributed by atoms with Gasteiger partial charge in [-0.15, -0.1) is 0 Å². The summed E-state index contributed by atoms with van der Waals surface area (Å²) in [6, 6.07) is 0.206. The fourth-order valence-corrected chi connectivity index (χ4v) is 2.77. The fourth-order valence-electron chi connectivity index (χ4n) is 1.86. The van der Waals surface area contributed by atoms with Gasteiger partial charge in [-0.1, -0.05) is 0 Å². The number of nitrogens with one attached hydrogen (secondary N) is 2. The van der Waals surface area contributed by atoms with E-state index in [9.17, 15) is 4.79 Å². The van der Waals surface area contributed by atoms with Crippen molar-refractivity contribution in [2.24, 2.45) is 5.92 Å². The van der Waals surface area contributed by atoms with E-state index in [1.54, 1.807) is 6.20 Å². The zero-order valence-electron chi connectivity index (χ0n) is 9.20. The summed E-state index contributed by atoms with van der Waals surface area (Å²) in [7, 11) is 0. The van der Waals surface area contributed by atoms with Gasteiger partial charge in [0.05, 0.1) is 12.1 Å². The summed E-state index contributed by atoms with van der Waals surface area (Å²) in [5.41, 5.74) is 0. The van der Waals surface area contributed by atoms with Gasteiger partial charge in [0.15, 0.2) is 5.82 Å². The van der Waals surface area contributed by atoms with Crippen molar-refractivity contribution in [3.05, 3.63) is 15.4 Å². The number of hydrogen-bond acceptors (Lipinski definition) is 4. The molecule has 1 fully saturated rings. The van der Waals surface area contributed by atoms with Crippen LogP contribution >= 0.6 is 31.9 Å². The third kappa shape index (κ3) is 3.02. The molecule has 1 aliphatic rings. The number of rotatable bonds is 2. The van der Waals surface area contributed by atoms with Crippen LogP contribution in [0.2, 0.25) is 0 Å². The molecular weight excluding hydrogens is 352 g/mol. The van der Waals surface area contributed by atoms with Crippen molar-refractivity contribution in [1.29, 1.82) is 0 Å². The van der Waals surface area contributed by atoms with E-state index in [0.717, 1.165) is 13.0 Å². The van der Waals surface area contributed by atoms with Crippen LogP contribution in [-0.2, 0) is 4.79 Å². The van der Waals surface area contributed by atoms with Crippen LogP contribution in [0.15, 0.2) is 15.4 Å². The second-order valence-corrected chi connectivity index (χ2v) is 5.52. The first-order valence-electron chi connectivity index (χ1n) is 5.30.